The van der Waals surface area contributed by atoms with Gasteiger partial charge < -0.3 is 4.90 Å². The van der Waals surface area contributed by atoms with E-state index in [1.54, 1.807) is 35.2 Å². The average Bonchev–Trinajstić information content (AvgIpc) is 2.92. The van der Waals surface area contributed by atoms with Crippen LogP contribution in [0.5, 0.6) is 0 Å². The molecule has 3 amide bonds. The molecule has 0 aliphatic carbocycles. The Kier molecular flexibility index (Phi) is 5.40. The first-order valence-corrected chi connectivity index (χ1v) is 9.37. The lowest BCUT2D eigenvalue weighted by atomic mass is 10.0. The number of para-hydroxylation sites is 1. The molecule has 140 valence electrons. The summed E-state index contributed by atoms with van der Waals surface area (Å²) in [4.78, 5) is 41.6. The lowest BCUT2D eigenvalue weighted by Gasteiger charge is -2.21. The average molecular weight is 364 g/mol. The minimum absolute atomic E-state index is 0.101. The number of hydrogen-bond donors (Lipinski definition) is 0. The van der Waals surface area contributed by atoms with Crippen LogP contribution in [0.4, 0.5) is 5.69 Å². The van der Waals surface area contributed by atoms with Gasteiger partial charge in [0.25, 0.3) is 17.7 Å². The van der Waals surface area contributed by atoms with Crippen LogP contribution in [0.1, 0.15) is 63.3 Å². The largest absolute Gasteiger partial charge is 0.339 e. The van der Waals surface area contributed by atoms with E-state index >= 15 is 0 Å². The fraction of sp³-hybridized carbons (Fsp3) is 0.318. The molecule has 0 aromatic heterocycles. The fourth-order valence-electron chi connectivity index (χ4n) is 3.44. The van der Waals surface area contributed by atoms with Crippen LogP contribution in [-0.2, 0) is 0 Å². The number of amides is 3. The Morgan fingerprint density at radius 3 is 2.19 bits per heavy atom. The van der Waals surface area contributed by atoms with Crippen molar-refractivity contribution in [2.45, 2.75) is 33.6 Å². The Balaban J connectivity index is 1.96. The van der Waals surface area contributed by atoms with Gasteiger partial charge in [0, 0.05) is 18.7 Å². The Hall–Kier alpha value is -2.95. The summed E-state index contributed by atoms with van der Waals surface area (Å²) in [5.74, 6) is -0.824. The molecule has 0 bridgehead atoms. The monoisotopic (exact) mass is 364 g/mol. The minimum atomic E-state index is -0.378. The molecule has 0 saturated heterocycles. The van der Waals surface area contributed by atoms with Gasteiger partial charge in [-0.05, 0) is 49.6 Å². The van der Waals surface area contributed by atoms with Crippen LogP contribution in [-0.4, -0.2) is 35.7 Å². The summed E-state index contributed by atoms with van der Waals surface area (Å²) in [7, 11) is 0. The van der Waals surface area contributed by atoms with Crippen LogP contribution in [0, 0.1) is 6.92 Å². The van der Waals surface area contributed by atoms with E-state index in [0.29, 0.717) is 35.5 Å². The maximum Gasteiger partial charge on any atom is 0.266 e. The molecule has 3 rings (SSSR count). The molecule has 0 saturated carbocycles. The summed E-state index contributed by atoms with van der Waals surface area (Å²) in [5.41, 5.74) is 2.51. The highest BCUT2D eigenvalue weighted by molar-refractivity contribution is 6.35. The third kappa shape index (κ3) is 3.37. The molecule has 1 aliphatic rings. The van der Waals surface area contributed by atoms with Gasteiger partial charge in [-0.25, -0.2) is 4.90 Å². The third-order valence-electron chi connectivity index (χ3n) is 4.76. The molecule has 1 aliphatic heterocycles. The van der Waals surface area contributed by atoms with E-state index in [1.807, 2.05) is 32.9 Å². The topological polar surface area (TPSA) is 57.7 Å². The van der Waals surface area contributed by atoms with Crippen molar-refractivity contribution >= 4 is 23.4 Å². The van der Waals surface area contributed by atoms with Gasteiger partial charge in [-0.15, -0.1) is 0 Å². The predicted octanol–water partition coefficient (Wildman–Crippen LogP) is 4.06. The van der Waals surface area contributed by atoms with Gasteiger partial charge in [-0.2, -0.15) is 0 Å². The lowest BCUT2D eigenvalue weighted by molar-refractivity contribution is 0.0755. The Morgan fingerprint density at radius 2 is 1.56 bits per heavy atom. The highest BCUT2D eigenvalue weighted by Crippen LogP contribution is 2.31. The number of benzene rings is 2. The lowest BCUT2D eigenvalue weighted by Crippen LogP contribution is -2.32. The molecule has 1 heterocycles. The van der Waals surface area contributed by atoms with Crippen LogP contribution < -0.4 is 4.90 Å². The van der Waals surface area contributed by atoms with Crippen LogP contribution in [0.15, 0.2) is 42.5 Å². The maximum atomic E-state index is 12.9. The maximum absolute atomic E-state index is 12.9. The van der Waals surface area contributed by atoms with E-state index in [1.165, 1.54) is 4.90 Å². The number of carbonyl (C=O) groups excluding carboxylic acids is 3. The molecule has 2 aromatic rings. The number of imide groups is 1. The third-order valence-corrected chi connectivity index (χ3v) is 4.76. The second-order valence-electron chi connectivity index (χ2n) is 6.78. The van der Waals surface area contributed by atoms with Crippen molar-refractivity contribution in [1.82, 2.24) is 4.90 Å². The summed E-state index contributed by atoms with van der Waals surface area (Å²) in [6, 6.07) is 12.1. The SMILES string of the molecule is CCCN(CCC)C(=O)c1ccc2c(c1)C(=O)N(c1ccccc1C)C2=O. The van der Waals surface area contributed by atoms with E-state index in [4.69, 9.17) is 0 Å². The molecule has 27 heavy (non-hydrogen) atoms. The number of nitrogens with zero attached hydrogens (tertiary/aromatic N) is 2. The van der Waals surface area contributed by atoms with Crippen molar-refractivity contribution in [3.63, 3.8) is 0 Å². The molecule has 0 atom stereocenters. The molecule has 0 spiro atoms. The highest BCUT2D eigenvalue weighted by atomic mass is 16.2. The normalized spacial score (nSPS) is 13.1. The smallest absolute Gasteiger partial charge is 0.266 e. The zero-order valence-electron chi connectivity index (χ0n) is 16.0. The van der Waals surface area contributed by atoms with Crippen molar-refractivity contribution in [3.8, 4) is 0 Å². The van der Waals surface area contributed by atoms with E-state index in [-0.39, 0.29) is 17.7 Å². The summed E-state index contributed by atoms with van der Waals surface area (Å²) in [6.07, 6.45) is 1.74. The van der Waals surface area contributed by atoms with Crippen LogP contribution in [0.25, 0.3) is 0 Å². The molecule has 0 N–H and O–H groups in total. The highest BCUT2D eigenvalue weighted by Gasteiger charge is 2.37. The zero-order valence-corrected chi connectivity index (χ0v) is 16.0. The molecule has 5 heteroatoms. The van der Waals surface area contributed by atoms with Gasteiger partial charge in [0.15, 0.2) is 0 Å². The molecular weight excluding hydrogens is 340 g/mol. The summed E-state index contributed by atoms with van der Waals surface area (Å²) in [6.45, 7) is 7.26. The summed E-state index contributed by atoms with van der Waals surface area (Å²) in [5, 5.41) is 0. The molecule has 0 fully saturated rings. The van der Waals surface area contributed by atoms with Crippen molar-refractivity contribution in [3.05, 3.63) is 64.7 Å². The number of hydrogen-bond acceptors (Lipinski definition) is 3. The van der Waals surface area contributed by atoms with E-state index < -0.39 is 0 Å². The number of rotatable bonds is 6. The van der Waals surface area contributed by atoms with Crippen molar-refractivity contribution in [1.29, 1.82) is 0 Å². The van der Waals surface area contributed by atoms with Crippen LogP contribution in [0.3, 0.4) is 0 Å². The summed E-state index contributed by atoms with van der Waals surface area (Å²) >= 11 is 0. The Morgan fingerprint density at radius 1 is 0.926 bits per heavy atom. The summed E-state index contributed by atoms with van der Waals surface area (Å²) < 4.78 is 0. The van der Waals surface area contributed by atoms with Crippen molar-refractivity contribution in [2.24, 2.45) is 0 Å². The minimum Gasteiger partial charge on any atom is -0.339 e. The van der Waals surface area contributed by atoms with Gasteiger partial charge in [0.05, 0.1) is 16.8 Å². The van der Waals surface area contributed by atoms with Gasteiger partial charge in [0.2, 0.25) is 0 Å². The number of carbonyl (C=O) groups is 3. The fourth-order valence-corrected chi connectivity index (χ4v) is 3.44. The molecule has 5 nitrogen and oxygen atoms in total. The molecular formula is C22H24N2O3. The Labute approximate surface area is 159 Å². The van der Waals surface area contributed by atoms with Gasteiger partial charge in [-0.3, -0.25) is 14.4 Å². The molecule has 2 aromatic carbocycles. The molecule has 0 unspecified atom stereocenters. The predicted molar refractivity (Wildman–Crippen MR) is 105 cm³/mol. The first-order valence-electron chi connectivity index (χ1n) is 9.37. The second kappa shape index (κ2) is 7.74. The first-order chi connectivity index (χ1) is 13.0. The van der Waals surface area contributed by atoms with Crippen molar-refractivity contribution < 1.29 is 14.4 Å². The van der Waals surface area contributed by atoms with Gasteiger partial charge in [-0.1, -0.05) is 32.0 Å². The van der Waals surface area contributed by atoms with E-state index in [0.717, 1.165) is 18.4 Å². The first kappa shape index (κ1) is 18.8. The Bertz CT molecular complexity index is 898. The number of aryl methyl sites for hydroxylation is 1. The van der Waals surface area contributed by atoms with E-state index in [9.17, 15) is 14.4 Å². The van der Waals surface area contributed by atoms with Crippen molar-refractivity contribution in [2.75, 3.05) is 18.0 Å². The van der Waals surface area contributed by atoms with E-state index in [2.05, 4.69) is 0 Å². The molecule has 0 radical (unpaired) electrons. The standard InChI is InChI=1S/C22H24N2O3/c1-4-12-23(13-5-2)20(25)16-10-11-17-18(14-16)22(27)24(21(17)26)19-9-7-6-8-15(19)3/h6-11,14H,4-5,12-13H2,1-3H3. The number of fused-ring (bicyclic) bond motifs is 1. The zero-order chi connectivity index (χ0) is 19.6. The van der Waals surface area contributed by atoms with Gasteiger partial charge in [0.1, 0.15) is 0 Å². The van der Waals surface area contributed by atoms with Crippen LogP contribution in [0.2, 0.25) is 0 Å². The van der Waals surface area contributed by atoms with Crippen LogP contribution >= 0.6 is 0 Å². The van der Waals surface area contributed by atoms with Gasteiger partial charge >= 0.3 is 0 Å². The number of anilines is 1. The quantitative estimate of drug-likeness (QED) is 0.727. The second-order valence-corrected chi connectivity index (χ2v) is 6.78.